The molecule has 0 N–H and O–H groups in total. The van der Waals surface area contributed by atoms with Gasteiger partial charge in [-0.2, -0.15) is 0 Å². The van der Waals surface area contributed by atoms with Gasteiger partial charge in [0.25, 0.3) is 0 Å². The molecule has 1 atom stereocenters. The SMILES string of the molecule is CCCc1nc(CN2CCO[C@@H](c3nc(C)cs3)C2)cs1. The first kappa shape index (κ1) is 15.1. The van der Waals surface area contributed by atoms with Gasteiger partial charge in [-0.05, 0) is 19.8 Å². The van der Waals surface area contributed by atoms with Crippen LogP contribution in [0.5, 0.6) is 0 Å². The molecule has 0 radical (unpaired) electrons. The molecule has 4 nitrogen and oxygen atoms in total. The van der Waals surface area contributed by atoms with Gasteiger partial charge in [0.1, 0.15) is 11.1 Å². The first-order valence-electron chi connectivity index (χ1n) is 7.44. The average Bonchev–Trinajstić information content (AvgIpc) is 3.09. The van der Waals surface area contributed by atoms with E-state index in [1.165, 1.54) is 10.7 Å². The van der Waals surface area contributed by atoms with E-state index in [4.69, 9.17) is 9.72 Å². The van der Waals surface area contributed by atoms with E-state index >= 15 is 0 Å². The third kappa shape index (κ3) is 3.88. The van der Waals surface area contributed by atoms with Crippen LogP contribution in [0, 0.1) is 6.92 Å². The predicted molar refractivity (Wildman–Crippen MR) is 86.9 cm³/mol. The van der Waals surface area contributed by atoms with Crippen molar-refractivity contribution in [1.29, 1.82) is 0 Å². The first-order chi connectivity index (χ1) is 10.2. The van der Waals surface area contributed by atoms with Crippen LogP contribution in [0.15, 0.2) is 10.8 Å². The molecular formula is C15H21N3OS2. The summed E-state index contributed by atoms with van der Waals surface area (Å²) in [7, 11) is 0. The fourth-order valence-electron chi connectivity index (χ4n) is 2.49. The van der Waals surface area contributed by atoms with E-state index in [2.05, 4.69) is 27.6 Å². The summed E-state index contributed by atoms with van der Waals surface area (Å²) in [5.74, 6) is 0. The summed E-state index contributed by atoms with van der Waals surface area (Å²) in [6, 6.07) is 0. The molecule has 0 unspecified atom stereocenters. The minimum absolute atomic E-state index is 0.117. The van der Waals surface area contributed by atoms with E-state index in [1.807, 2.05) is 6.92 Å². The first-order valence-corrected chi connectivity index (χ1v) is 9.19. The number of aromatic nitrogens is 2. The lowest BCUT2D eigenvalue weighted by Gasteiger charge is -2.31. The van der Waals surface area contributed by atoms with Crippen molar-refractivity contribution < 1.29 is 4.74 Å². The zero-order chi connectivity index (χ0) is 14.7. The molecule has 0 bridgehead atoms. The van der Waals surface area contributed by atoms with Gasteiger partial charge in [-0.25, -0.2) is 9.97 Å². The fourth-order valence-corrected chi connectivity index (χ4v) is 4.22. The maximum Gasteiger partial charge on any atom is 0.123 e. The summed E-state index contributed by atoms with van der Waals surface area (Å²) >= 11 is 3.48. The monoisotopic (exact) mass is 323 g/mol. The minimum Gasteiger partial charge on any atom is -0.368 e. The molecular weight excluding hydrogens is 302 g/mol. The van der Waals surface area contributed by atoms with E-state index in [1.54, 1.807) is 22.7 Å². The van der Waals surface area contributed by atoms with Gasteiger partial charge >= 0.3 is 0 Å². The molecule has 3 rings (SSSR count). The van der Waals surface area contributed by atoms with E-state index in [9.17, 15) is 0 Å². The number of hydrogen-bond donors (Lipinski definition) is 0. The molecule has 0 spiro atoms. The lowest BCUT2D eigenvalue weighted by atomic mass is 10.2. The minimum atomic E-state index is 0.117. The van der Waals surface area contributed by atoms with Crippen LogP contribution in [0.4, 0.5) is 0 Å². The third-order valence-electron chi connectivity index (χ3n) is 3.51. The van der Waals surface area contributed by atoms with Crippen molar-refractivity contribution in [2.75, 3.05) is 19.7 Å². The summed E-state index contributed by atoms with van der Waals surface area (Å²) in [6.07, 6.45) is 2.37. The van der Waals surface area contributed by atoms with E-state index in [-0.39, 0.29) is 6.10 Å². The van der Waals surface area contributed by atoms with Crippen LogP contribution in [0.3, 0.4) is 0 Å². The fraction of sp³-hybridized carbons (Fsp3) is 0.600. The van der Waals surface area contributed by atoms with Gasteiger partial charge < -0.3 is 4.74 Å². The number of rotatable bonds is 5. The van der Waals surface area contributed by atoms with Gasteiger partial charge in [-0.15, -0.1) is 22.7 Å². The van der Waals surface area contributed by atoms with Crippen LogP contribution < -0.4 is 0 Å². The van der Waals surface area contributed by atoms with Crippen molar-refractivity contribution in [3.63, 3.8) is 0 Å². The van der Waals surface area contributed by atoms with Crippen molar-refractivity contribution in [3.05, 3.63) is 32.2 Å². The van der Waals surface area contributed by atoms with Crippen LogP contribution in [0.25, 0.3) is 0 Å². The van der Waals surface area contributed by atoms with Crippen LogP contribution in [-0.2, 0) is 17.7 Å². The molecule has 114 valence electrons. The largest absolute Gasteiger partial charge is 0.368 e. The molecule has 21 heavy (non-hydrogen) atoms. The highest BCUT2D eigenvalue weighted by molar-refractivity contribution is 7.10. The van der Waals surface area contributed by atoms with Gasteiger partial charge in [0.05, 0.1) is 17.3 Å². The maximum absolute atomic E-state index is 5.88. The molecule has 2 aromatic rings. The quantitative estimate of drug-likeness (QED) is 0.845. The Morgan fingerprint density at radius 2 is 2.24 bits per heavy atom. The summed E-state index contributed by atoms with van der Waals surface area (Å²) in [5, 5.41) is 6.65. The summed E-state index contributed by atoms with van der Waals surface area (Å²) in [6.45, 7) is 7.81. The number of nitrogens with zero attached hydrogens (tertiary/aromatic N) is 3. The summed E-state index contributed by atoms with van der Waals surface area (Å²) in [5.41, 5.74) is 2.28. The van der Waals surface area contributed by atoms with Crippen LogP contribution in [0.2, 0.25) is 0 Å². The van der Waals surface area contributed by atoms with Crippen molar-refractivity contribution in [3.8, 4) is 0 Å². The third-order valence-corrected chi connectivity index (χ3v) is 5.52. The Kier molecular flexibility index (Phi) is 5.00. The number of thiazole rings is 2. The predicted octanol–water partition coefficient (Wildman–Crippen LogP) is 3.43. The molecule has 6 heteroatoms. The highest BCUT2D eigenvalue weighted by atomic mass is 32.1. The second-order valence-electron chi connectivity index (χ2n) is 5.40. The summed E-state index contributed by atoms with van der Waals surface area (Å²) in [4.78, 5) is 11.7. The van der Waals surface area contributed by atoms with Crippen molar-refractivity contribution in [2.45, 2.75) is 39.3 Å². The Labute approximate surface area is 133 Å². The van der Waals surface area contributed by atoms with Gasteiger partial charge in [-0.3, -0.25) is 4.90 Å². The highest BCUT2D eigenvalue weighted by Crippen LogP contribution is 2.26. The van der Waals surface area contributed by atoms with Gasteiger partial charge in [0.15, 0.2) is 0 Å². The van der Waals surface area contributed by atoms with Crippen LogP contribution >= 0.6 is 22.7 Å². The Morgan fingerprint density at radius 1 is 1.33 bits per heavy atom. The Balaban J connectivity index is 1.60. The molecule has 0 amide bonds. The molecule has 3 heterocycles. The Hall–Kier alpha value is -0.820. The number of morpholine rings is 1. The zero-order valence-corrected chi connectivity index (χ0v) is 14.2. The normalized spacial score (nSPS) is 20.0. The molecule has 0 aliphatic carbocycles. The van der Waals surface area contributed by atoms with Gasteiger partial charge in [0, 0.05) is 36.1 Å². The van der Waals surface area contributed by atoms with Crippen molar-refractivity contribution in [2.24, 2.45) is 0 Å². The molecule has 2 aromatic heterocycles. The molecule has 1 fully saturated rings. The van der Waals surface area contributed by atoms with Crippen molar-refractivity contribution in [1.82, 2.24) is 14.9 Å². The van der Waals surface area contributed by atoms with E-state index < -0.39 is 0 Å². The topological polar surface area (TPSA) is 38.2 Å². The lowest BCUT2D eigenvalue weighted by molar-refractivity contribution is -0.0333. The van der Waals surface area contributed by atoms with Crippen LogP contribution in [-0.4, -0.2) is 34.6 Å². The number of aryl methyl sites for hydroxylation is 2. The standard InChI is InChI=1S/C15H21N3OS2/c1-3-4-14-17-12(10-20-14)7-18-5-6-19-13(8-18)15-16-11(2)9-21-15/h9-10,13H,3-8H2,1-2H3/t13-/m1/s1. The second kappa shape index (κ2) is 6.96. The second-order valence-corrected chi connectivity index (χ2v) is 7.24. The maximum atomic E-state index is 5.88. The molecule has 0 saturated carbocycles. The van der Waals surface area contributed by atoms with E-state index in [0.717, 1.165) is 49.8 Å². The molecule has 1 aliphatic rings. The Morgan fingerprint density at radius 3 is 3.00 bits per heavy atom. The summed E-state index contributed by atoms with van der Waals surface area (Å²) < 4.78 is 5.88. The van der Waals surface area contributed by atoms with Crippen LogP contribution in [0.1, 0.15) is 40.9 Å². The smallest absolute Gasteiger partial charge is 0.123 e. The van der Waals surface area contributed by atoms with Crippen molar-refractivity contribution >= 4 is 22.7 Å². The molecule has 0 aromatic carbocycles. The number of ether oxygens (including phenoxy) is 1. The number of hydrogen-bond acceptors (Lipinski definition) is 6. The Bertz CT molecular complexity index is 581. The average molecular weight is 323 g/mol. The van der Waals surface area contributed by atoms with E-state index in [0.29, 0.717) is 0 Å². The highest BCUT2D eigenvalue weighted by Gasteiger charge is 2.24. The zero-order valence-electron chi connectivity index (χ0n) is 12.5. The lowest BCUT2D eigenvalue weighted by Crippen LogP contribution is -2.37. The molecule has 1 aliphatic heterocycles. The van der Waals surface area contributed by atoms with Gasteiger partial charge in [0.2, 0.25) is 0 Å². The molecule has 1 saturated heterocycles. The van der Waals surface area contributed by atoms with Gasteiger partial charge in [-0.1, -0.05) is 6.92 Å².